The standard InChI is InChI=1S/C33H39N7O2.C33H37N7O2.C32H37N7O2/c1-5-31(41)40-19-23(2)39(20-26(40)18-34-3)32-28-15-17-38(30-14-8-11-24-10-6-7-13-27(24)30)21-29(28)35-33(36-32)42-22-25-12-9-16-37(25)4;1-4-9-31(41)40-19-18-39(21-26(40)20-34-2)32-28-15-17-38(30-14-7-11-24-10-5-6-13-27(24)30)22-29(28)35-33(36-32)42-23-25-12-8-16-37(25)3;1-4-30(40)39-18-17-38(20-25(39)19-33-2)31-27-14-16-37(29-13-7-10-23-9-5-6-12-26(23)29)21-28(27)34-32(35-31)41-22-24-11-8-15-36(24)3/h5-8,10-11,13-14,23,25-26H,1,9,12,15-22H2,2,4H3;5-7,10-11,13-14,25-26H,8,12,15-23H2,1,3H3;4-7,9-10,12-13,24-25H,1,8,11,14-22H2,3H3/t23-,25+,26+;25-,26?;24-,25-/m100/s1. The molecule has 0 saturated carbocycles. The minimum atomic E-state index is -0.248. The number of piperazine rings is 3. The maximum absolute atomic E-state index is 12.7. The first-order valence-electron chi connectivity index (χ1n) is 44.3. The maximum atomic E-state index is 12.7. The molecule has 27 heteroatoms. The van der Waals surface area contributed by atoms with Crippen LogP contribution < -0.4 is 43.6 Å². The number of rotatable bonds is 20. The van der Waals surface area contributed by atoms with Crippen molar-refractivity contribution in [2.75, 3.05) is 182 Å². The van der Waals surface area contributed by atoms with Gasteiger partial charge in [-0.2, -0.15) is 29.9 Å². The summed E-state index contributed by atoms with van der Waals surface area (Å²) in [4.78, 5) is 105. The molecule has 27 nitrogen and oxygen atoms in total. The number of aromatic nitrogens is 6. The van der Waals surface area contributed by atoms with Gasteiger partial charge >= 0.3 is 18.0 Å². The van der Waals surface area contributed by atoms with Crippen LogP contribution in [0.3, 0.4) is 0 Å². The van der Waals surface area contributed by atoms with Gasteiger partial charge in [0.25, 0.3) is 5.91 Å². The van der Waals surface area contributed by atoms with Crippen LogP contribution in [0.15, 0.2) is 153 Å². The maximum Gasteiger partial charge on any atom is 0.318 e. The molecule has 646 valence electrons. The van der Waals surface area contributed by atoms with E-state index in [9.17, 15) is 14.4 Å². The first-order chi connectivity index (χ1) is 61.1. The Labute approximate surface area is 734 Å². The van der Waals surface area contributed by atoms with E-state index in [2.05, 4.69) is 239 Å². The van der Waals surface area contributed by atoms with E-state index in [0.717, 1.165) is 129 Å². The van der Waals surface area contributed by atoms with Crippen LogP contribution in [-0.4, -0.2) is 272 Å². The highest BCUT2D eigenvalue weighted by Gasteiger charge is 2.42. The van der Waals surface area contributed by atoms with Crippen molar-refractivity contribution < 1.29 is 28.6 Å². The van der Waals surface area contributed by atoms with Crippen molar-refractivity contribution in [1.82, 2.24) is 59.3 Å². The summed E-state index contributed by atoms with van der Waals surface area (Å²) in [5.74, 6) is 7.52. The van der Waals surface area contributed by atoms with Crippen molar-refractivity contribution in [2.45, 2.75) is 134 Å². The summed E-state index contributed by atoms with van der Waals surface area (Å²) < 4.78 is 18.9. The zero-order chi connectivity index (χ0) is 86.6. The molecule has 9 aliphatic rings. The highest BCUT2D eigenvalue weighted by atomic mass is 16.5. The second-order valence-corrected chi connectivity index (χ2v) is 34.2. The van der Waals surface area contributed by atoms with E-state index in [4.69, 9.17) is 63.8 Å². The molecule has 0 spiro atoms. The number of ether oxygens (including phenoxy) is 3. The number of nitrogens with zero attached hydrogens (tertiary/aromatic N) is 21. The van der Waals surface area contributed by atoms with E-state index in [1.54, 1.807) is 21.6 Å². The molecule has 9 aliphatic heterocycles. The van der Waals surface area contributed by atoms with Gasteiger partial charge in [0, 0.05) is 146 Å². The van der Waals surface area contributed by atoms with E-state index in [1.807, 2.05) is 0 Å². The van der Waals surface area contributed by atoms with Crippen molar-refractivity contribution in [3.63, 3.8) is 0 Å². The predicted molar refractivity (Wildman–Crippen MR) is 492 cm³/mol. The lowest BCUT2D eigenvalue weighted by Gasteiger charge is -2.45. The van der Waals surface area contributed by atoms with Crippen molar-refractivity contribution in [2.24, 2.45) is 0 Å². The van der Waals surface area contributed by atoms with Crippen LogP contribution in [0.2, 0.25) is 0 Å². The average Bonchev–Trinajstić information content (AvgIpc) is 1.17. The summed E-state index contributed by atoms with van der Waals surface area (Å²) in [5.41, 5.74) is 9.95. The monoisotopic (exact) mass is 1680 g/mol. The van der Waals surface area contributed by atoms with Gasteiger partial charge in [0.15, 0.2) is 0 Å². The van der Waals surface area contributed by atoms with Crippen LogP contribution >= 0.6 is 0 Å². The molecular weight excluding hydrogens is 1570 g/mol. The molecule has 0 N–H and O–H groups in total. The van der Waals surface area contributed by atoms with Crippen LogP contribution in [0.1, 0.15) is 86.1 Å². The largest absolute Gasteiger partial charge is 0.462 e. The summed E-state index contributed by atoms with van der Waals surface area (Å²) in [6, 6.07) is 46.5. The van der Waals surface area contributed by atoms with Gasteiger partial charge in [0.05, 0.1) is 36.7 Å². The number of carbonyl (C=O) groups excluding carboxylic acids is 3. The lowest BCUT2D eigenvalue weighted by molar-refractivity contribution is -0.129. The van der Waals surface area contributed by atoms with Gasteiger partial charge in [-0.05, 0) is 165 Å². The van der Waals surface area contributed by atoms with E-state index < -0.39 is 0 Å². The zero-order valence-electron chi connectivity index (χ0n) is 72.7. The lowest BCUT2D eigenvalue weighted by Crippen LogP contribution is -2.60. The molecule has 6 saturated heterocycles. The van der Waals surface area contributed by atoms with Crippen LogP contribution in [0.4, 0.5) is 34.5 Å². The molecular formula is C98H113N21O6. The third-order valence-electron chi connectivity index (χ3n) is 26.6. The third kappa shape index (κ3) is 19.0. The Morgan fingerprint density at radius 1 is 0.424 bits per heavy atom. The number of likely N-dealkylation sites (tertiary alicyclic amines) is 3. The number of likely N-dealkylation sites (N-methyl/N-ethyl adjacent to an activating group) is 3. The van der Waals surface area contributed by atoms with Gasteiger partial charge in [-0.15, -0.1) is 0 Å². The highest BCUT2D eigenvalue weighted by Crippen LogP contribution is 2.41. The SMILES string of the molecule is [C-]#[N+]CC1CN(c2nc(OC[C@@H]3CCCN3C)nc3c2CCN(c2cccc4ccccc24)C3)CCN1C(=O)C#CC.[C-]#[N+]C[C@H]1CN(c2nc(OC[C@@H]3CCCN3C)nc3c2CCN(c2cccc4ccccc24)C3)CCN1C(=O)C=C.[C-]#[N+]C[C@H]1CN(c2nc(OC[C@@H]3CCCN3C)nc3c2CCN(c2cccc4ccccc24)C3)[C@H](C)CN1C(=O)C=C. The Hall–Kier alpha value is -12.7. The van der Waals surface area contributed by atoms with Crippen LogP contribution in [0.5, 0.6) is 18.0 Å². The lowest BCUT2D eigenvalue weighted by atomic mass is 10.00. The van der Waals surface area contributed by atoms with E-state index in [1.165, 1.54) is 80.8 Å². The number of hydrogen-bond acceptors (Lipinski definition) is 21. The Balaban J connectivity index is 0.000000138. The average molecular weight is 1680 g/mol. The Kier molecular flexibility index (Phi) is 27.1. The summed E-state index contributed by atoms with van der Waals surface area (Å²) in [5, 5.41) is 7.37. The van der Waals surface area contributed by atoms with Crippen LogP contribution in [0, 0.1) is 31.6 Å². The van der Waals surface area contributed by atoms with E-state index >= 15 is 0 Å². The van der Waals surface area contributed by atoms with E-state index in [-0.39, 0.29) is 61.5 Å². The molecule has 9 aromatic rings. The first kappa shape index (κ1) is 85.9. The number of carbonyl (C=O) groups is 3. The summed E-state index contributed by atoms with van der Waals surface area (Å²) in [6.45, 7) is 48.2. The van der Waals surface area contributed by atoms with Gasteiger partial charge in [-0.25, -0.2) is 19.7 Å². The summed E-state index contributed by atoms with van der Waals surface area (Å²) in [6.07, 6.45) is 11.9. The van der Waals surface area contributed by atoms with Gasteiger partial charge < -0.3 is 87.5 Å². The number of hydrogen-bond donors (Lipinski definition) is 0. The fraction of sp³-hybridized carbons (Fsp3) is 0.449. The molecule has 6 fully saturated rings. The smallest absolute Gasteiger partial charge is 0.318 e. The normalized spacial score (nSPS) is 21.4. The number of benzene rings is 6. The molecule has 1 unspecified atom stereocenters. The highest BCUT2D eigenvalue weighted by molar-refractivity contribution is 5.97. The molecule has 3 amide bonds. The third-order valence-corrected chi connectivity index (χ3v) is 26.6. The number of anilines is 6. The number of amides is 3. The quantitative estimate of drug-likeness (QED) is 0.0395. The molecule has 0 bridgehead atoms. The topological polar surface area (TPSA) is 208 Å². The van der Waals surface area contributed by atoms with Crippen LogP contribution in [0.25, 0.3) is 46.9 Å². The fourth-order valence-corrected chi connectivity index (χ4v) is 19.7. The zero-order valence-corrected chi connectivity index (χ0v) is 72.7. The molecule has 0 radical (unpaired) electrons. The van der Waals surface area contributed by atoms with Crippen molar-refractivity contribution in [3.05, 3.63) is 221 Å². The Morgan fingerprint density at radius 3 is 1.17 bits per heavy atom. The Morgan fingerprint density at radius 2 is 0.784 bits per heavy atom. The summed E-state index contributed by atoms with van der Waals surface area (Å²) >= 11 is 0. The molecule has 7 atom stereocenters. The van der Waals surface area contributed by atoms with Gasteiger partial charge in [-0.1, -0.05) is 128 Å². The van der Waals surface area contributed by atoms with Crippen molar-refractivity contribution in [1.29, 1.82) is 0 Å². The predicted octanol–water partition coefficient (Wildman–Crippen LogP) is 11.6. The van der Waals surface area contributed by atoms with Gasteiger partial charge in [0.1, 0.15) is 55.4 Å². The Bertz CT molecular complexity index is 5640. The number of fused-ring (bicyclic) bond motifs is 6. The minimum Gasteiger partial charge on any atom is -0.462 e. The molecule has 0 aliphatic carbocycles. The van der Waals surface area contributed by atoms with Crippen molar-refractivity contribution in [3.8, 4) is 29.9 Å². The first-order valence-corrected chi connectivity index (χ1v) is 44.3. The second kappa shape index (κ2) is 39.5. The second-order valence-electron chi connectivity index (χ2n) is 34.2. The van der Waals surface area contributed by atoms with E-state index in [0.29, 0.717) is 128 Å². The van der Waals surface area contributed by atoms with Gasteiger partial charge in [-0.3, -0.25) is 14.4 Å². The molecule has 12 heterocycles. The minimum absolute atomic E-state index is 0.0137. The molecule has 3 aromatic heterocycles. The molecule has 125 heavy (non-hydrogen) atoms. The molecule has 18 rings (SSSR count). The van der Waals surface area contributed by atoms with Gasteiger partial charge in [0.2, 0.25) is 31.4 Å². The van der Waals surface area contributed by atoms with Crippen LogP contribution in [-0.2, 0) is 53.3 Å². The van der Waals surface area contributed by atoms with Crippen molar-refractivity contribution >= 4 is 84.6 Å². The summed E-state index contributed by atoms with van der Waals surface area (Å²) in [7, 11) is 6.43. The molecule has 6 aromatic carbocycles. The fourth-order valence-electron chi connectivity index (χ4n) is 19.7.